The highest BCUT2D eigenvalue weighted by atomic mass is 32.2. The van der Waals surface area contributed by atoms with E-state index < -0.39 is 0 Å². The van der Waals surface area contributed by atoms with Gasteiger partial charge in [0.1, 0.15) is 0 Å². The van der Waals surface area contributed by atoms with Gasteiger partial charge in [0.15, 0.2) is 5.16 Å². The van der Waals surface area contributed by atoms with Crippen molar-refractivity contribution in [1.82, 2.24) is 9.97 Å². The van der Waals surface area contributed by atoms with Gasteiger partial charge in [0.25, 0.3) is 0 Å². The van der Waals surface area contributed by atoms with Crippen molar-refractivity contribution in [2.45, 2.75) is 31.2 Å². The van der Waals surface area contributed by atoms with E-state index in [1.807, 2.05) is 13.0 Å². The third kappa shape index (κ3) is 5.37. The van der Waals surface area contributed by atoms with E-state index >= 15 is 0 Å². The molecule has 0 aliphatic rings. The second-order valence-electron chi connectivity index (χ2n) is 4.99. The van der Waals surface area contributed by atoms with E-state index in [9.17, 15) is 9.59 Å². The highest BCUT2D eigenvalue weighted by Crippen LogP contribution is 2.21. The molecule has 0 aliphatic carbocycles. The zero-order valence-electron chi connectivity index (χ0n) is 13.2. The predicted octanol–water partition coefficient (Wildman–Crippen LogP) is 2.86. The van der Waals surface area contributed by atoms with Gasteiger partial charge in [-0.2, -0.15) is 0 Å². The Bertz CT molecular complexity index is 721. The summed E-state index contributed by atoms with van der Waals surface area (Å²) in [5.74, 6) is -0.311. The number of hydrogen-bond donors (Lipinski definition) is 2. The molecule has 2 aromatic rings. The largest absolute Gasteiger partial charge is 0.326 e. The smallest absolute Gasteiger partial charge is 0.237 e. The quantitative estimate of drug-likeness (QED) is 0.650. The lowest BCUT2D eigenvalue weighted by molar-refractivity contribution is -0.115. The molecule has 0 spiro atoms. The van der Waals surface area contributed by atoms with Crippen LogP contribution in [0.4, 0.5) is 11.4 Å². The summed E-state index contributed by atoms with van der Waals surface area (Å²) in [7, 11) is 0. The van der Waals surface area contributed by atoms with Crippen molar-refractivity contribution in [2.24, 2.45) is 0 Å². The molecule has 1 aromatic carbocycles. The molecular formula is C16H18N4O2S. The van der Waals surface area contributed by atoms with Crippen LogP contribution < -0.4 is 10.6 Å². The topological polar surface area (TPSA) is 84.0 Å². The van der Waals surface area contributed by atoms with E-state index in [2.05, 4.69) is 20.6 Å². The molecule has 7 heteroatoms. The van der Waals surface area contributed by atoms with Gasteiger partial charge in [-0.05, 0) is 38.1 Å². The minimum atomic E-state index is -0.346. The Kier molecular flexibility index (Phi) is 5.70. The number of aromatic nitrogens is 2. The molecular weight excluding hydrogens is 312 g/mol. The van der Waals surface area contributed by atoms with E-state index in [-0.39, 0.29) is 17.1 Å². The third-order valence-electron chi connectivity index (χ3n) is 2.87. The van der Waals surface area contributed by atoms with Crippen LogP contribution in [0.3, 0.4) is 0 Å². The second kappa shape index (κ2) is 7.73. The number of anilines is 2. The van der Waals surface area contributed by atoms with Gasteiger partial charge < -0.3 is 10.6 Å². The lowest BCUT2D eigenvalue weighted by atomic mass is 10.2. The Morgan fingerprint density at radius 1 is 1.17 bits per heavy atom. The molecule has 0 aliphatic heterocycles. The fourth-order valence-corrected chi connectivity index (χ4v) is 2.62. The van der Waals surface area contributed by atoms with Crippen molar-refractivity contribution in [3.05, 3.63) is 42.2 Å². The number of hydrogen-bond acceptors (Lipinski definition) is 5. The number of aryl methyl sites for hydroxylation is 1. The maximum Gasteiger partial charge on any atom is 0.237 e. The van der Waals surface area contributed by atoms with E-state index in [0.717, 1.165) is 5.69 Å². The van der Waals surface area contributed by atoms with Crippen LogP contribution in [-0.2, 0) is 9.59 Å². The average molecular weight is 330 g/mol. The van der Waals surface area contributed by atoms with Crippen LogP contribution in [0.5, 0.6) is 0 Å². The molecule has 0 radical (unpaired) electrons. The number of rotatable bonds is 5. The summed E-state index contributed by atoms with van der Waals surface area (Å²) in [6.45, 7) is 5.11. The molecule has 1 heterocycles. The Morgan fingerprint density at radius 2 is 1.87 bits per heavy atom. The van der Waals surface area contributed by atoms with Gasteiger partial charge in [0.05, 0.1) is 5.25 Å². The van der Waals surface area contributed by atoms with Gasteiger partial charge in [-0.1, -0.05) is 17.8 Å². The summed E-state index contributed by atoms with van der Waals surface area (Å²) in [6, 6.07) is 8.81. The molecule has 0 bridgehead atoms. The highest BCUT2D eigenvalue weighted by Gasteiger charge is 2.16. The molecule has 2 N–H and O–H groups in total. The molecule has 0 fully saturated rings. The SMILES string of the molecule is CC(=O)Nc1cccc(NC(=O)[C@H](C)Sc2nccc(C)n2)c1. The molecule has 1 aromatic heterocycles. The second-order valence-corrected chi connectivity index (χ2v) is 6.30. The number of carbonyl (C=O) groups excluding carboxylic acids is 2. The van der Waals surface area contributed by atoms with E-state index in [0.29, 0.717) is 16.5 Å². The van der Waals surface area contributed by atoms with Crippen LogP contribution >= 0.6 is 11.8 Å². The lowest BCUT2D eigenvalue weighted by Gasteiger charge is -2.12. The molecule has 1 atom stereocenters. The molecule has 0 saturated carbocycles. The minimum Gasteiger partial charge on any atom is -0.326 e. The normalized spacial score (nSPS) is 11.6. The Morgan fingerprint density at radius 3 is 2.52 bits per heavy atom. The summed E-state index contributed by atoms with van der Waals surface area (Å²) in [5, 5.41) is 5.72. The van der Waals surface area contributed by atoms with Crippen molar-refractivity contribution in [1.29, 1.82) is 0 Å². The number of amides is 2. The average Bonchev–Trinajstić information content (AvgIpc) is 2.46. The first-order chi connectivity index (χ1) is 10.9. The maximum absolute atomic E-state index is 12.3. The zero-order chi connectivity index (χ0) is 16.8. The molecule has 120 valence electrons. The summed E-state index contributed by atoms with van der Waals surface area (Å²) in [5.41, 5.74) is 2.12. The maximum atomic E-state index is 12.3. The Labute approximate surface area is 139 Å². The van der Waals surface area contributed by atoms with Crippen molar-refractivity contribution in [3.8, 4) is 0 Å². The Balaban J connectivity index is 1.99. The van der Waals surface area contributed by atoms with Crippen LogP contribution in [0.25, 0.3) is 0 Å². The fraction of sp³-hybridized carbons (Fsp3) is 0.250. The lowest BCUT2D eigenvalue weighted by Crippen LogP contribution is -2.22. The van der Waals surface area contributed by atoms with Crippen LogP contribution in [0, 0.1) is 6.92 Å². The number of thioether (sulfide) groups is 1. The van der Waals surface area contributed by atoms with Crippen LogP contribution in [0.1, 0.15) is 19.5 Å². The van der Waals surface area contributed by atoms with Gasteiger partial charge in [-0.3, -0.25) is 9.59 Å². The van der Waals surface area contributed by atoms with Crippen molar-refractivity contribution < 1.29 is 9.59 Å². The van der Waals surface area contributed by atoms with E-state index in [4.69, 9.17) is 0 Å². The molecule has 0 saturated heterocycles. The minimum absolute atomic E-state index is 0.153. The van der Waals surface area contributed by atoms with Crippen LogP contribution in [-0.4, -0.2) is 27.0 Å². The number of benzene rings is 1. The van der Waals surface area contributed by atoms with Gasteiger partial charge in [0.2, 0.25) is 11.8 Å². The van der Waals surface area contributed by atoms with Gasteiger partial charge in [-0.25, -0.2) is 9.97 Å². The number of carbonyl (C=O) groups is 2. The predicted molar refractivity (Wildman–Crippen MR) is 91.5 cm³/mol. The van der Waals surface area contributed by atoms with Crippen molar-refractivity contribution >= 4 is 35.0 Å². The number of nitrogens with zero attached hydrogens (tertiary/aromatic N) is 2. The highest BCUT2D eigenvalue weighted by molar-refractivity contribution is 8.00. The first kappa shape index (κ1) is 17.0. The van der Waals surface area contributed by atoms with Gasteiger partial charge in [-0.15, -0.1) is 0 Å². The monoisotopic (exact) mass is 330 g/mol. The summed E-state index contributed by atoms with van der Waals surface area (Å²) < 4.78 is 0. The zero-order valence-corrected chi connectivity index (χ0v) is 14.0. The van der Waals surface area contributed by atoms with E-state index in [1.54, 1.807) is 37.4 Å². The molecule has 23 heavy (non-hydrogen) atoms. The van der Waals surface area contributed by atoms with Gasteiger partial charge >= 0.3 is 0 Å². The summed E-state index contributed by atoms with van der Waals surface area (Å²) >= 11 is 1.30. The number of nitrogens with one attached hydrogen (secondary N) is 2. The van der Waals surface area contributed by atoms with Gasteiger partial charge in [0, 0.05) is 30.2 Å². The van der Waals surface area contributed by atoms with Crippen LogP contribution in [0.2, 0.25) is 0 Å². The molecule has 0 unspecified atom stereocenters. The van der Waals surface area contributed by atoms with Crippen molar-refractivity contribution in [3.63, 3.8) is 0 Å². The van der Waals surface area contributed by atoms with Crippen LogP contribution in [0.15, 0.2) is 41.7 Å². The Hall–Kier alpha value is -2.41. The van der Waals surface area contributed by atoms with Crippen molar-refractivity contribution in [2.75, 3.05) is 10.6 Å². The first-order valence-electron chi connectivity index (χ1n) is 7.09. The summed E-state index contributed by atoms with van der Waals surface area (Å²) in [6.07, 6.45) is 1.67. The summed E-state index contributed by atoms with van der Waals surface area (Å²) in [4.78, 5) is 31.7. The molecule has 2 rings (SSSR count). The first-order valence-corrected chi connectivity index (χ1v) is 7.97. The standard InChI is InChI=1S/C16H18N4O2S/c1-10-7-8-17-16(18-10)23-11(2)15(22)20-14-6-4-5-13(9-14)19-12(3)21/h4-9,11H,1-3H3,(H,19,21)(H,20,22)/t11-/m0/s1. The van der Waals surface area contributed by atoms with E-state index in [1.165, 1.54) is 18.7 Å². The third-order valence-corrected chi connectivity index (χ3v) is 3.85. The molecule has 6 nitrogen and oxygen atoms in total. The fourth-order valence-electron chi connectivity index (χ4n) is 1.82. The molecule has 2 amide bonds.